The van der Waals surface area contributed by atoms with Crippen LogP contribution in [-0.2, 0) is 0 Å². The van der Waals surface area contributed by atoms with Crippen LogP contribution in [0.2, 0.25) is 5.02 Å². The Balaban J connectivity index is 2.46. The molecule has 1 aromatic rings. The van der Waals surface area contributed by atoms with Crippen molar-refractivity contribution >= 4 is 17.6 Å². The molecule has 0 spiro atoms. The van der Waals surface area contributed by atoms with Crippen LogP contribution in [0.4, 0.5) is 0 Å². The zero-order valence-corrected chi connectivity index (χ0v) is 12.5. The topological polar surface area (TPSA) is 59.3 Å². The summed E-state index contributed by atoms with van der Waals surface area (Å²) in [5, 5.41) is 9.80. The van der Waals surface area contributed by atoms with E-state index in [0.29, 0.717) is 16.8 Å². The molecule has 0 saturated carbocycles. The highest BCUT2D eigenvalue weighted by molar-refractivity contribution is 6.33. The third-order valence-corrected chi connectivity index (χ3v) is 3.91. The summed E-state index contributed by atoms with van der Waals surface area (Å²) < 4.78 is 1.77. The number of carboxylic acid groups (broad SMARTS) is 1. The summed E-state index contributed by atoms with van der Waals surface area (Å²) in [5.41, 5.74) is 2.03. The molecule has 0 fully saturated rings. The zero-order chi connectivity index (χ0) is 15.9. The summed E-state index contributed by atoms with van der Waals surface area (Å²) in [6.07, 6.45) is 1.76. The minimum Gasteiger partial charge on any atom is -0.478 e. The fourth-order valence-corrected chi connectivity index (χ4v) is 2.86. The van der Waals surface area contributed by atoms with E-state index in [1.165, 1.54) is 12.1 Å². The normalized spacial score (nSPS) is 10.8. The van der Waals surface area contributed by atoms with E-state index in [1.807, 2.05) is 30.3 Å². The van der Waals surface area contributed by atoms with Crippen molar-refractivity contribution in [3.8, 4) is 16.8 Å². The van der Waals surface area contributed by atoms with Crippen LogP contribution < -0.4 is 5.43 Å². The van der Waals surface area contributed by atoms with Gasteiger partial charge < -0.3 is 9.67 Å². The third-order valence-electron chi connectivity index (χ3n) is 3.60. The molecular weight excluding hydrogens is 302 g/mol. The van der Waals surface area contributed by atoms with Crippen molar-refractivity contribution < 1.29 is 9.90 Å². The molecule has 3 rings (SSSR count). The Kier molecular flexibility index (Phi) is 3.47. The number of nitrogens with zero attached hydrogens (tertiary/aromatic N) is 1. The van der Waals surface area contributed by atoms with Crippen molar-refractivity contribution in [3.05, 3.63) is 75.2 Å². The second kappa shape index (κ2) is 5.31. The third kappa shape index (κ3) is 2.27. The van der Waals surface area contributed by atoms with E-state index in [-0.39, 0.29) is 16.0 Å². The van der Waals surface area contributed by atoms with Crippen LogP contribution >= 0.6 is 11.6 Å². The summed E-state index contributed by atoms with van der Waals surface area (Å²) in [4.78, 5) is 23.3. The number of pyridine rings is 1. The van der Waals surface area contributed by atoms with Crippen molar-refractivity contribution in [2.24, 2.45) is 0 Å². The van der Waals surface area contributed by atoms with Crippen molar-refractivity contribution in [2.45, 2.75) is 6.92 Å². The molecule has 0 bridgehead atoms. The van der Waals surface area contributed by atoms with Gasteiger partial charge in [-0.25, -0.2) is 4.79 Å². The van der Waals surface area contributed by atoms with E-state index in [0.717, 1.165) is 5.69 Å². The number of rotatable bonds is 2. The van der Waals surface area contributed by atoms with Gasteiger partial charge >= 0.3 is 5.97 Å². The van der Waals surface area contributed by atoms with Gasteiger partial charge in [0.1, 0.15) is 0 Å². The maximum absolute atomic E-state index is 11.7. The second-order valence-electron chi connectivity index (χ2n) is 4.97. The van der Waals surface area contributed by atoms with E-state index in [2.05, 4.69) is 0 Å². The zero-order valence-electron chi connectivity index (χ0n) is 11.7. The fraction of sp³-hybridized carbons (Fsp3) is 0.0588. The molecular formula is C17H12ClNO3. The Labute approximate surface area is 131 Å². The minimum atomic E-state index is -1.09. The first-order valence-corrected chi connectivity index (χ1v) is 7.01. The van der Waals surface area contributed by atoms with Crippen LogP contribution in [0.1, 0.15) is 16.1 Å². The van der Waals surface area contributed by atoms with Gasteiger partial charge in [-0.1, -0.05) is 29.8 Å². The smallest absolute Gasteiger partial charge is 0.338 e. The number of aromatic carboxylic acids is 1. The number of halogens is 1. The van der Waals surface area contributed by atoms with Gasteiger partial charge in [0.25, 0.3) is 0 Å². The summed E-state index contributed by atoms with van der Waals surface area (Å²) >= 11 is 6.14. The largest absolute Gasteiger partial charge is 0.478 e. The summed E-state index contributed by atoms with van der Waals surface area (Å²) in [5.74, 6) is -1.09. The lowest BCUT2D eigenvalue weighted by atomic mass is 9.97. The van der Waals surface area contributed by atoms with Gasteiger partial charge in [-0.15, -0.1) is 0 Å². The van der Waals surface area contributed by atoms with Crippen LogP contribution in [0, 0.1) is 6.92 Å². The molecule has 1 heterocycles. The Morgan fingerprint density at radius 1 is 1.14 bits per heavy atom. The van der Waals surface area contributed by atoms with Crippen LogP contribution in [-0.4, -0.2) is 15.6 Å². The lowest BCUT2D eigenvalue weighted by molar-refractivity contribution is 0.0696. The van der Waals surface area contributed by atoms with E-state index < -0.39 is 5.97 Å². The van der Waals surface area contributed by atoms with Crippen molar-refractivity contribution in [1.29, 1.82) is 0 Å². The maximum Gasteiger partial charge on any atom is 0.338 e. The molecule has 0 aromatic heterocycles. The monoisotopic (exact) mass is 313 g/mol. The second-order valence-corrected chi connectivity index (χ2v) is 5.37. The van der Waals surface area contributed by atoms with Crippen LogP contribution in [0.5, 0.6) is 0 Å². The molecule has 110 valence electrons. The van der Waals surface area contributed by atoms with Crippen molar-refractivity contribution in [2.75, 3.05) is 0 Å². The van der Waals surface area contributed by atoms with Gasteiger partial charge in [0.2, 0.25) is 0 Å². The fourth-order valence-electron chi connectivity index (χ4n) is 2.60. The summed E-state index contributed by atoms with van der Waals surface area (Å²) in [6.45, 7) is 1.71. The maximum atomic E-state index is 11.7. The van der Waals surface area contributed by atoms with E-state index >= 15 is 0 Å². The summed E-state index contributed by atoms with van der Waals surface area (Å²) in [6, 6.07) is 12.0. The average molecular weight is 314 g/mol. The van der Waals surface area contributed by atoms with E-state index in [1.54, 1.807) is 17.7 Å². The lowest BCUT2D eigenvalue weighted by Gasteiger charge is -2.19. The predicted molar refractivity (Wildman–Crippen MR) is 85.4 cm³/mol. The molecule has 5 heteroatoms. The van der Waals surface area contributed by atoms with Crippen LogP contribution in [0.3, 0.4) is 0 Å². The molecule has 0 unspecified atom stereocenters. The number of aromatic nitrogens is 1. The van der Waals surface area contributed by atoms with Crippen molar-refractivity contribution in [1.82, 2.24) is 4.57 Å². The van der Waals surface area contributed by atoms with Gasteiger partial charge in [-0.2, -0.15) is 0 Å². The first-order valence-electron chi connectivity index (χ1n) is 6.63. The number of carboxylic acids is 1. The van der Waals surface area contributed by atoms with E-state index in [9.17, 15) is 14.7 Å². The van der Waals surface area contributed by atoms with E-state index in [4.69, 9.17) is 11.6 Å². The standard InChI is InChI=1S/C17H12ClNO3/c1-10-16(17(21)22)13-7-12(20)8-15(18)14(13)9-19(10)11-5-3-2-4-6-11/h2-9H,1H3,(H,21,22). The molecule has 1 N–H and O–H groups in total. The van der Waals surface area contributed by atoms with Crippen molar-refractivity contribution in [3.63, 3.8) is 0 Å². The SMILES string of the molecule is Cc1c(C(=O)O)c2cc(=O)cc(Cl)c-2cn1-c1ccccc1. The molecule has 4 nitrogen and oxygen atoms in total. The summed E-state index contributed by atoms with van der Waals surface area (Å²) in [7, 11) is 0. The highest BCUT2D eigenvalue weighted by Gasteiger charge is 2.22. The number of hydrogen-bond donors (Lipinski definition) is 1. The molecule has 2 aliphatic rings. The Hall–Kier alpha value is -2.59. The minimum absolute atomic E-state index is 0.0842. The lowest BCUT2D eigenvalue weighted by Crippen LogP contribution is -2.14. The Morgan fingerprint density at radius 3 is 2.45 bits per heavy atom. The highest BCUT2D eigenvalue weighted by atomic mass is 35.5. The Morgan fingerprint density at radius 2 is 1.82 bits per heavy atom. The number of fused-ring (bicyclic) bond motifs is 1. The number of carbonyl (C=O) groups is 1. The van der Waals surface area contributed by atoms with Gasteiger partial charge in [0, 0.05) is 34.8 Å². The van der Waals surface area contributed by atoms with Gasteiger partial charge in [-0.3, -0.25) is 4.79 Å². The Bertz CT molecular complexity index is 900. The van der Waals surface area contributed by atoms with Gasteiger partial charge in [0.05, 0.1) is 10.6 Å². The molecule has 1 aromatic carbocycles. The molecule has 22 heavy (non-hydrogen) atoms. The number of para-hydroxylation sites is 1. The molecule has 1 aliphatic carbocycles. The quantitative estimate of drug-likeness (QED) is 0.786. The highest BCUT2D eigenvalue weighted by Crippen LogP contribution is 2.34. The van der Waals surface area contributed by atoms with Crippen LogP contribution in [0.15, 0.2) is 53.5 Å². The number of hydrogen-bond acceptors (Lipinski definition) is 2. The number of benzene rings is 2. The predicted octanol–water partition coefficient (Wildman–Crippen LogP) is 3.60. The molecule has 0 radical (unpaired) electrons. The first kappa shape index (κ1) is 14.4. The molecule has 0 atom stereocenters. The molecule has 0 amide bonds. The van der Waals surface area contributed by atoms with Gasteiger partial charge in [-0.05, 0) is 25.1 Å². The molecule has 0 saturated heterocycles. The molecule has 1 aliphatic heterocycles. The van der Waals surface area contributed by atoms with Crippen LogP contribution in [0.25, 0.3) is 16.8 Å². The average Bonchev–Trinajstić information content (AvgIpc) is 2.47. The first-order chi connectivity index (χ1) is 10.5. The van der Waals surface area contributed by atoms with Gasteiger partial charge in [0.15, 0.2) is 5.43 Å².